The van der Waals surface area contributed by atoms with Crippen LogP contribution in [0.3, 0.4) is 0 Å². The van der Waals surface area contributed by atoms with E-state index < -0.39 is 11.5 Å². The summed E-state index contributed by atoms with van der Waals surface area (Å²) < 4.78 is 2.86. The third-order valence-electron chi connectivity index (χ3n) is 3.38. The summed E-state index contributed by atoms with van der Waals surface area (Å²) in [4.78, 5) is 35.0. The third-order valence-corrected chi connectivity index (χ3v) is 3.38. The molecular weight excluding hydrogens is 272 g/mol. The van der Waals surface area contributed by atoms with Crippen molar-refractivity contribution >= 4 is 5.97 Å². The van der Waals surface area contributed by atoms with Crippen molar-refractivity contribution in [1.82, 2.24) is 9.13 Å². The highest BCUT2D eigenvalue weighted by molar-refractivity contribution is 5.88. The van der Waals surface area contributed by atoms with Crippen LogP contribution in [0.4, 0.5) is 0 Å². The Balaban J connectivity index is 2.39. The molecule has 0 aromatic carbocycles. The fourth-order valence-electron chi connectivity index (χ4n) is 2.32. The molecule has 2 aromatic rings. The molecule has 0 saturated heterocycles. The summed E-state index contributed by atoms with van der Waals surface area (Å²) in [6.45, 7) is 3.90. The number of rotatable bonds is 4. The van der Waals surface area contributed by atoms with Crippen molar-refractivity contribution in [2.24, 2.45) is 0 Å². The number of aromatic carboxylic acids is 1. The van der Waals surface area contributed by atoms with Crippen LogP contribution >= 0.6 is 0 Å². The average Bonchev–Trinajstić information content (AvgIpc) is 2.39. The fraction of sp³-hybridized carbons (Fsp3) is 0.267. The van der Waals surface area contributed by atoms with Crippen LogP contribution in [0.25, 0.3) is 0 Å². The zero-order chi connectivity index (χ0) is 15.6. The van der Waals surface area contributed by atoms with Crippen LogP contribution in [-0.4, -0.2) is 20.2 Å². The van der Waals surface area contributed by atoms with Crippen molar-refractivity contribution in [2.45, 2.75) is 26.9 Å². The number of carboxylic acids is 1. The largest absolute Gasteiger partial charge is 0.477 e. The number of pyridine rings is 2. The van der Waals surface area contributed by atoms with E-state index >= 15 is 0 Å². The molecule has 2 heterocycles. The van der Waals surface area contributed by atoms with Gasteiger partial charge in [-0.25, -0.2) is 4.79 Å². The van der Waals surface area contributed by atoms with Crippen LogP contribution in [0.15, 0.2) is 40.1 Å². The normalized spacial score (nSPS) is 10.6. The maximum absolute atomic E-state index is 12.3. The summed E-state index contributed by atoms with van der Waals surface area (Å²) in [5.41, 5.74) is 0.198. The Morgan fingerprint density at radius 2 is 1.90 bits per heavy atom. The first kappa shape index (κ1) is 14.8. The molecular formula is C15H16N2O4. The van der Waals surface area contributed by atoms with Crippen LogP contribution in [-0.2, 0) is 13.1 Å². The van der Waals surface area contributed by atoms with Gasteiger partial charge in [0.25, 0.3) is 11.1 Å². The summed E-state index contributed by atoms with van der Waals surface area (Å²) in [5, 5.41) is 9.12. The molecule has 2 aromatic heterocycles. The third kappa shape index (κ3) is 2.94. The van der Waals surface area contributed by atoms with Gasteiger partial charge in [-0.05, 0) is 31.5 Å². The van der Waals surface area contributed by atoms with Gasteiger partial charge < -0.3 is 14.2 Å². The van der Waals surface area contributed by atoms with E-state index in [2.05, 4.69) is 0 Å². The van der Waals surface area contributed by atoms with Gasteiger partial charge in [-0.2, -0.15) is 0 Å². The second kappa shape index (κ2) is 5.78. The van der Waals surface area contributed by atoms with E-state index in [1.807, 2.05) is 0 Å². The molecule has 0 aliphatic heterocycles. The summed E-state index contributed by atoms with van der Waals surface area (Å²) in [7, 11) is 0. The lowest BCUT2D eigenvalue weighted by Gasteiger charge is -2.13. The van der Waals surface area contributed by atoms with Gasteiger partial charge in [0.15, 0.2) is 0 Å². The Hall–Kier alpha value is -2.63. The molecule has 0 amide bonds. The quantitative estimate of drug-likeness (QED) is 0.911. The summed E-state index contributed by atoms with van der Waals surface area (Å²) in [6.07, 6.45) is 1.63. The SMILES string of the molecule is Cc1cc(C)n(CCn2ccccc2=O)c(=O)c1C(=O)O. The predicted molar refractivity (Wildman–Crippen MR) is 77.8 cm³/mol. The van der Waals surface area contributed by atoms with E-state index in [-0.39, 0.29) is 17.7 Å². The Morgan fingerprint density at radius 1 is 1.19 bits per heavy atom. The highest BCUT2D eigenvalue weighted by atomic mass is 16.4. The molecule has 0 aliphatic carbocycles. The lowest BCUT2D eigenvalue weighted by Crippen LogP contribution is -2.31. The molecule has 1 N–H and O–H groups in total. The van der Waals surface area contributed by atoms with E-state index in [0.29, 0.717) is 17.8 Å². The molecule has 6 nitrogen and oxygen atoms in total. The second-order valence-electron chi connectivity index (χ2n) is 4.84. The van der Waals surface area contributed by atoms with Crippen molar-refractivity contribution in [3.05, 3.63) is 68.0 Å². The lowest BCUT2D eigenvalue weighted by molar-refractivity contribution is 0.0693. The smallest absolute Gasteiger partial charge is 0.341 e. The van der Waals surface area contributed by atoms with E-state index in [9.17, 15) is 14.4 Å². The molecule has 0 aliphatic rings. The second-order valence-corrected chi connectivity index (χ2v) is 4.84. The zero-order valence-corrected chi connectivity index (χ0v) is 11.9. The molecule has 0 spiro atoms. The number of nitrogens with zero attached hydrogens (tertiary/aromatic N) is 2. The molecule has 0 radical (unpaired) electrons. The van der Waals surface area contributed by atoms with Crippen molar-refractivity contribution in [3.8, 4) is 0 Å². The van der Waals surface area contributed by atoms with Crippen LogP contribution in [0.2, 0.25) is 0 Å². The van der Waals surface area contributed by atoms with Gasteiger partial charge >= 0.3 is 5.97 Å². The van der Waals surface area contributed by atoms with Crippen LogP contribution in [0.5, 0.6) is 0 Å². The minimum atomic E-state index is -1.23. The number of aromatic nitrogens is 2. The highest BCUT2D eigenvalue weighted by Gasteiger charge is 2.16. The lowest BCUT2D eigenvalue weighted by atomic mass is 10.1. The van der Waals surface area contributed by atoms with Gasteiger partial charge in [-0.15, -0.1) is 0 Å². The van der Waals surface area contributed by atoms with Gasteiger partial charge in [0.1, 0.15) is 5.56 Å². The minimum absolute atomic E-state index is 0.159. The molecule has 0 bridgehead atoms. The van der Waals surface area contributed by atoms with E-state index in [1.54, 1.807) is 38.2 Å². The topological polar surface area (TPSA) is 81.3 Å². The summed E-state index contributed by atoms with van der Waals surface area (Å²) >= 11 is 0. The van der Waals surface area contributed by atoms with E-state index in [4.69, 9.17) is 5.11 Å². The van der Waals surface area contributed by atoms with Crippen molar-refractivity contribution in [1.29, 1.82) is 0 Å². The van der Waals surface area contributed by atoms with E-state index in [0.717, 1.165) is 0 Å². The molecule has 21 heavy (non-hydrogen) atoms. The Morgan fingerprint density at radius 3 is 2.52 bits per heavy atom. The Bertz CT molecular complexity index is 802. The molecule has 0 unspecified atom stereocenters. The van der Waals surface area contributed by atoms with Gasteiger partial charge in [0, 0.05) is 31.0 Å². The number of hydrogen-bond donors (Lipinski definition) is 1. The Labute approximate surface area is 120 Å². The molecule has 110 valence electrons. The maximum Gasteiger partial charge on any atom is 0.341 e. The van der Waals surface area contributed by atoms with Crippen LogP contribution < -0.4 is 11.1 Å². The first-order chi connectivity index (χ1) is 9.91. The van der Waals surface area contributed by atoms with Crippen LogP contribution in [0, 0.1) is 13.8 Å². The zero-order valence-electron chi connectivity index (χ0n) is 11.9. The van der Waals surface area contributed by atoms with Gasteiger partial charge in [-0.3, -0.25) is 9.59 Å². The predicted octanol–water partition coefficient (Wildman–Crippen LogP) is 1.03. The van der Waals surface area contributed by atoms with Crippen molar-refractivity contribution < 1.29 is 9.90 Å². The average molecular weight is 288 g/mol. The standard InChI is InChI=1S/C15H16N2O4/c1-10-9-11(2)17(14(19)13(10)15(20)21)8-7-16-6-4-3-5-12(16)18/h3-6,9H,7-8H2,1-2H3,(H,20,21). The van der Waals surface area contributed by atoms with Gasteiger partial charge in [0.2, 0.25) is 0 Å². The van der Waals surface area contributed by atoms with Gasteiger partial charge in [0.05, 0.1) is 0 Å². The summed E-state index contributed by atoms with van der Waals surface area (Å²) in [5.74, 6) is -1.23. The number of carbonyl (C=O) groups is 1. The Kier molecular flexibility index (Phi) is 4.07. The molecule has 0 saturated carbocycles. The first-order valence-electron chi connectivity index (χ1n) is 6.51. The fourth-order valence-corrected chi connectivity index (χ4v) is 2.32. The minimum Gasteiger partial charge on any atom is -0.477 e. The molecule has 0 fully saturated rings. The maximum atomic E-state index is 12.3. The molecule has 0 atom stereocenters. The number of carboxylic acid groups (broad SMARTS) is 1. The first-order valence-corrected chi connectivity index (χ1v) is 6.51. The monoisotopic (exact) mass is 288 g/mol. The molecule has 2 rings (SSSR count). The van der Waals surface area contributed by atoms with Crippen molar-refractivity contribution in [3.63, 3.8) is 0 Å². The number of hydrogen-bond acceptors (Lipinski definition) is 3. The van der Waals surface area contributed by atoms with E-state index in [1.165, 1.54) is 15.2 Å². The van der Waals surface area contributed by atoms with Gasteiger partial charge in [-0.1, -0.05) is 6.07 Å². The highest BCUT2D eigenvalue weighted by Crippen LogP contribution is 2.06. The molecule has 6 heteroatoms. The van der Waals surface area contributed by atoms with Crippen molar-refractivity contribution in [2.75, 3.05) is 0 Å². The summed E-state index contributed by atoms with van der Waals surface area (Å²) in [6, 6.07) is 6.48. The number of aryl methyl sites for hydroxylation is 3. The van der Waals surface area contributed by atoms with Crippen LogP contribution in [0.1, 0.15) is 21.6 Å².